The zero-order chi connectivity index (χ0) is 27.8. The minimum Gasteiger partial charge on any atom is -0.454 e. The molecule has 0 unspecified atom stereocenters. The lowest BCUT2D eigenvalue weighted by atomic mass is 10.0. The van der Waals surface area contributed by atoms with E-state index in [-0.39, 0.29) is 34.5 Å². The number of hydrogen-bond donors (Lipinski definition) is 2. The monoisotopic (exact) mass is 534 g/mol. The fourth-order valence-corrected chi connectivity index (χ4v) is 4.36. The van der Waals surface area contributed by atoms with Gasteiger partial charge in [-0.1, -0.05) is 26.0 Å². The molecule has 2 aromatic heterocycles. The SMILES string of the molecule is Cc1cc(-n2ncc(C(=O)c3cc4cc(OC(F)F)c(C(C)C)cc4[nH]3)c2N)ccc1Oc1ccccc1F. The van der Waals surface area contributed by atoms with Gasteiger partial charge in [0.2, 0.25) is 5.78 Å². The third-order valence-electron chi connectivity index (χ3n) is 6.34. The van der Waals surface area contributed by atoms with Gasteiger partial charge in [-0.25, -0.2) is 9.07 Å². The highest BCUT2D eigenvalue weighted by molar-refractivity contribution is 6.12. The molecule has 3 N–H and O–H groups in total. The van der Waals surface area contributed by atoms with Gasteiger partial charge in [0.1, 0.15) is 17.3 Å². The van der Waals surface area contributed by atoms with Crippen LogP contribution < -0.4 is 15.2 Å². The van der Waals surface area contributed by atoms with Crippen molar-refractivity contribution in [2.45, 2.75) is 33.3 Å². The highest BCUT2D eigenvalue weighted by Gasteiger charge is 2.22. The molecule has 0 saturated heterocycles. The summed E-state index contributed by atoms with van der Waals surface area (Å²) in [5.74, 6) is -0.219. The summed E-state index contributed by atoms with van der Waals surface area (Å²) in [6.07, 6.45) is 1.37. The van der Waals surface area contributed by atoms with Crippen LogP contribution in [0.15, 0.2) is 66.9 Å². The lowest BCUT2D eigenvalue weighted by molar-refractivity contribution is -0.0504. The Morgan fingerprint density at radius 2 is 1.79 bits per heavy atom. The molecular formula is C29H25F3N4O3. The normalized spacial score (nSPS) is 11.5. The highest BCUT2D eigenvalue weighted by Crippen LogP contribution is 2.34. The van der Waals surface area contributed by atoms with Crippen molar-refractivity contribution in [3.8, 4) is 22.9 Å². The van der Waals surface area contributed by atoms with Gasteiger partial charge in [0.25, 0.3) is 0 Å². The van der Waals surface area contributed by atoms with Crippen LogP contribution in [0.2, 0.25) is 0 Å². The second-order valence-electron chi connectivity index (χ2n) is 9.36. The first-order valence-corrected chi connectivity index (χ1v) is 12.2. The molecule has 0 aliphatic carbocycles. The maximum absolute atomic E-state index is 14.0. The largest absolute Gasteiger partial charge is 0.454 e. The van der Waals surface area contributed by atoms with Gasteiger partial charge in [-0.3, -0.25) is 4.79 Å². The molecule has 200 valence electrons. The second-order valence-corrected chi connectivity index (χ2v) is 9.36. The van der Waals surface area contributed by atoms with Crippen LogP contribution >= 0.6 is 0 Å². The van der Waals surface area contributed by atoms with Crippen molar-refractivity contribution >= 4 is 22.5 Å². The van der Waals surface area contributed by atoms with Gasteiger partial charge in [-0.05, 0) is 72.5 Å². The van der Waals surface area contributed by atoms with Crippen LogP contribution in [0.4, 0.5) is 19.0 Å². The van der Waals surface area contributed by atoms with E-state index < -0.39 is 18.2 Å². The summed E-state index contributed by atoms with van der Waals surface area (Å²) in [7, 11) is 0. The van der Waals surface area contributed by atoms with E-state index in [1.54, 1.807) is 49.4 Å². The van der Waals surface area contributed by atoms with Crippen LogP contribution in [0.25, 0.3) is 16.6 Å². The number of anilines is 1. The Balaban J connectivity index is 1.43. The van der Waals surface area contributed by atoms with E-state index in [1.807, 2.05) is 13.8 Å². The van der Waals surface area contributed by atoms with Crippen LogP contribution in [-0.4, -0.2) is 27.2 Å². The first-order chi connectivity index (χ1) is 18.6. The number of rotatable bonds is 8. The highest BCUT2D eigenvalue weighted by atomic mass is 19.3. The van der Waals surface area contributed by atoms with Crippen molar-refractivity contribution in [3.63, 3.8) is 0 Å². The van der Waals surface area contributed by atoms with E-state index >= 15 is 0 Å². The molecule has 7 nitrogen and oxygen atoms in total. The molecule has 0 radical (unpaired) electrons. The van der Waals surface area contributed by atoms with Crippen LogP contribution in [0.3, 0.4) is 0 Å². The number of benzene rings is 3. The summed E-state index contributed by atoms with van der Waals surface area (Å²) < 4.78 is 51.7. The van der Waals surface area contributed by atoms with Gasteiger partial charge in [0.15, 0.2) is 11.6 Å². The summed E-state index contributed by atoms with van der Waals surface area (Å²) in [5, 5.41) is 4.84. The molecule has 39 heavy (non-hydrogen) atoms. The molecule has 0 aliphatic heterocycles. The Morgan fingerprint density at radius 3 is 2.49 bits per heavy atom. The molecule has 0 saturated carbocycles. The maximum atomic E-state index is 14.0. The van der Waals surface area contributed by atoms with Gasteiger partial charge in [-0.15, -0.1) is 0 Å². The number of aromatic nitrogens is 3. The van der Waals surface area contributed by atoms with Gasteiger partial charge < -0.3 is 20.2 Å². The smallest absolute Gasteiger partial charge is 0.387 e. The number of H-pyrrole nitrogens is 1. The third-order valence-corrected chi connectivity index (χ3v) is 6.34. The molecule has 0 fully saturated rings. The van der Waals surface area contributed by atoms with Crippen molar-refractivity contribution in [2.75, 3.05) is 5.73 Å². The molecule has 0 amide bonds. The molecule has 0 aliphatic rings. The Morgan fingerprint density at radius 1 is 1.03 bits per heavy atom. The minimum atomic E-state index is -2.96. The Hall–Kier alpha value is -4.73. The summed E-state index contributed by atoms with van der Waals surface area (Å²) in [4.78, 5) is 16.4. The van der Waals surface area contributed by atoms with E-state index in [0.29, 0.717) is 33.5 Å². The Kier molecular flexibility index (Phi) is 6.78. The number of carbonyl (C=O) groups is 1. The third kappa shape index (κ3) is 5.05. The number of hydrogen-bond acceptors (Lipinski definition) is 5. The summed E-state index contributed by atoms with van der Waals surface area (Å²) in [5.41, 5.74) is 9.20. The number of nitrogen functional groups attached to an aromatic ring is 1. The predicted octanol–water partition coefficient (Wildman–Crippen LogP) is 7.13. The van der Waals surface area contributed by atoms with Gasteiger partial charge in [-0.2, -0.15) is 13.9 Å². The second kappa shape index (κ2) is 10.2. The number of halogens is 3. The van der Waals surface area contributed by atoms with Crippen molar-refractivity contribution in [3.05, 3.63) is 95.1 Å². The first-order valence-electron chi connectivity index (χ1n) is 12.2. The lowest BCUT2D eigenvalue weighted by Gasteiger charge is -2.13. The maximum Gasteiger partial charge on any atom is 0.387 e. The minimum absolute atomic E-state index is 0.0654. The summed E-state index contributed by atoms with van der Waals surface area (Å²) in [6.45, 7) is 2.57. The Labute approximate surface area is 222 Å². The number of nitrogens with one attached hydrogen (secondary N) is 1. The van der Waals surface area contributed by atoms with Gasteiger partial charge in [0.05, 0.1) is 23.1 Å². The van der Waals surface area contributed by atoms with E-state index in [2.05, 4.69) is 10.1 Å². The van der Waals surface area contributed by atoms with Crippen LogP contribution in [-0.2, 0) is 0 Å². The Bertz CT molecular complexity index is 1690. The van der Waals surface area contributed by atoms with Crippen molar-refractivity contribution in [1.82, 2.24) is 14.8 Å². The number of alkyl halides is 2. The topological polar surface area (TPSA) is 95.2 Å². The fourth-order valence-electron chi connectivity index (χ4n) is 4.36. The zero-order valence-corrected chi connectivity index (χ0v) is 21.3. The van der Waals surface area contributed by atoms with Crippen LogP contribution in [0.1, 0.15) is 46.9 Å². The molecule has 10 heteroatoms. The average molecular weight is 535 g/mol. The molecule has 5 rings (SSSR count). The van der Waals surface area contributed by atoms with E-state index in [4.69, 9.17) is 15.2 Å². The standard InChI is InChI=1S/C29H25F3N4O3/c1-15(2)19-13-22-17(12-26(19)39-29(31)32)11-23(35-22)27(37)20-14-34-36(28(20)33)18-8-9-24(16(3)10-18)38-25-7-5-4-6-21(25)30/h4-15,29,35H,33H2,1-3H3. The van der Waals surface area contributed by atoms with Crippen LogP contribution in [0.5, 0.6) is 17.2 Å². The number of aromatic amines is 1. The number of nitrogens with two attached hydrogens (primary N) is 1. The quantitative estimate of drug-likeness (QED) is 0.207. The van der Waals surface area contributed by atoms with Crippen LogP contribution in [0, 0.1) is 12.7 Å². The summed E-state index contributed by atoms with van der Waals surface area (Å²) >= 11 is 0. The molecule has 0 bridgehead atoms. The number of ether oxygens (including phenoxy) is 2. The molecule has 3 aromatic carbocycles. The molecule has 0 atom stereocenters. The van der Waals surface area contributed by atoms with E-state index in [0.717, 1.165) is 0 Å². The van der Waals surface area contributed by atoms with Gasteiger partial charge in [0, 0.05) is 10.9 Å². The van der Waals surface area contributed by atoms with Crippen molar-refractivity contribution in [2.24, 2.45) is 0 Å². The summed E-state index contributed by atoms with van der Waals surface area (Å²) in [6, 6.07) is 16.0. The van der Waals surface area contributed by atoms with Crippen molar-refractivity contribution in [1.29, 1.82) is 0 Å². The number of ketones is 1. The number of aryl methyl sites for hydroxylation is 1. The number of para-hydroxylation sites is 1. The van der Waals surface area contributed by atoms with Gasteiger partial charge >= 0.3 is 6.61 Å². The lowest BCUT2D eigenvalue weighted by Crippen LogP contribution is -2.07. The van der Waals surface area contributed by atoms with Crippen molar-refractivity contribution < 1.29 is 27.4 Å². The molecule has 0 spiro atoms. The number of nitrogens with zero attached hydrogens (tertiary/aromatic N) is 2. The van der Waals surface area contributed by atoms with E-state index in [1.165, 1.54) is 29.1 Å². The first kappa shape index (κ1) is 25.9. The van der Waals surface area contributed by atoms with E-state index in [9.17, 15) is 18.0 Å². The fraction of sp³-hybridized carbons (Fsp3) is 0.172. The molecule has 5 aromatic rings. The average Bonchev–Trinajstić information content (AvgIpc) is 3.48. The number of fused-ring (bicyclic) bond motifs is 1. The molecule has 2 heterocycles. The predicted molar refractivity (Wildman–Crippen MR) is 142 cm³/mol. The molecular weight excluding hydrogens is 509 g/mol. The number of carbonyl (C=O) groups excluding carboxylic acids is 1. The zero-order valence-electron chi connectivity index (χ0n) is 21.3.